The summed E-state index contributed by atoms with van der Waals surface area (Å²) in [6, 6.07) is 10.8. The number of hydrogen-bond acceptors (Lipinski definition) is 0. The molecule has 0 nitrogen and oxygen atoms in total. The van der Waals surface area contributed by atoms with Gasteiger partial charge in [-0.3, -0.25) is 0 Å². The van der Waals surface area contributed by atoms with E-state index in [4.69, 9.17) is 23.2 Å². The van der Waals surface area contributed by atoms with E-state index in [1.165, 1.54) is 0 Å². The lowest BCUT2D eigenvalue weighted by Gasteiger charge is -2.05. The van der Waals surface area contributed by atoms with Crippen LogP contribution < -0.4 is 0 Å². The van der Waals surface area contributed by atoms with Crippen molar-refractivity contribution in [2.75, 3.05) is 0 Å². The Morgan fingerprint density at radius 2 is 1.72 bits per heavy atom. The molecule has 0 aliphatic rings. The van der Waals surface area contributed by atoms with E-state index >= 15 is 0 Å². The molecule has 3 heteroatoms. The van der Waals surface area contributed by atoms with E-state index in [1.54, 1.807) is 12.1 Å². The van der Waals surface area contributed by atoms with Crippen molar-refractivity contribution in [2.24, 2.45) is 0 Å². The molecule has 18 heavy (non-hydrogen) atoms. The first-order valence-corrected chi connectivity index (χ1v) is 6.51. The zero-order chi connectivity index (χ0) is 13.1. The number of halogens is 3. The van der Waals surface area contributed by atoms with Crippen molar-refractivity contribution in [1.82, 2.24) is 0 Å². The highest BCUT2D eigenvalue weighted by Gasteiger charge is 2.04. The summed E-state index contributed by atoms with van der Waals surface area (Å²) in [5, 5.41) is 1.08. The summed E-state index contributed by atoms with van der Waals surface area (Å²) in [4.78, 5) is 0. The molecule has 0 atom stereocenters. The fourth-order valence-corrected chi connectivity index (χ4v) is 2.15. The summed E-state index contributed by atoms with van der Waals surface area (Å²) in [6.07, 6.45) is 1.40. The molecule has 0 aliphatic carbocycles. The van der Waals surface area contributed by atoms with E-state index in [1.807, 2.05) is 31.2 Å². The molecule has 0 heterocycles. The molecule has 2 aromatic rings. The molecule has 0 bridgehead atoms. The lowest BCUT2D eigenvalue weighted by molar-refractivity contribution is 0.607. The van der Waals surface area contributed by atoms with Gasteiger partial charge in [-0.15, -0.1) is 0 Å². The predicted molar refractivity (Wildman–Crippen MR) is 75.0 cm³/mol. The van der Waals surface area contributed by atoms with Crippen molar-refractivity contribution in [1.29, 1.82) is 0 Å². The Balaban J connectivity index is 2.09. The Labute approximate surface area is 116 Å². The summed E-state index contributed by atoms with van der Waals surface area (Å²) >= 11 is 11.8. The molecular formula is C15H13Cl2F. The molecule has 2 rings (SSSR count). The van der Waals surface area contributed by atoms with Crippen LogP contribution in [0.25, 0.3) is 0 Å². The molecule has 0 radical (unpaired) electrons. The molecule has 0 saturated carbocycles. The minimum absolute atomic E-state index is 0.143. The third-order valence-corrected chi connectivity index (χ3v) is 3.61. The van der Waals surface area contributed by atoms with Crippen LogP contribution in [0.2, 0.25) is 10.0 Å². The number of benzene rings is 2. The van der Waals surface area contributed by atoms with Gasteiger partial charge in [-0.2, -0.15) is 0 Å². The van der Waals surface area contributed by atoms with Gasteiger partial charge in [-0.1, -0.05) is 41.4 Å². The molecule has 0 aliphatic heterocycles. The smallest absolute Gasteiger partial charge is 0.126 e. The third-order valence-electron chi connectivity index (χ3n) is 2.88. The lowest BCUT2D eigenvalue weighted by Crippen LogP contribution is -1.95. The normalized spacial score (nSPS) is 10.7. The highest BCUT2D eigenvalue weighted by atomic mass is 35.5. The molecule has 0 spiro atoms. The minimum Gasteiger partial charge on any atom is -0.207 e. The van der Waals surface area contributed by atoms with Gasteiger partial charge in [0.1, 0.15) is 5.82 Å². The van der Waals surface area contributed by atoms with Crippen LogP contribution in [0.4, 0.5) is 4.39 Å². The highest BCUT2D eigenvalue weighted by molar-refractivity contribution is 6.42. The van der Waals surface area contributed by atoms with Crippen LogP contribution in [0.5, 0.6) is 0 Å². The quantitative estimate of drug-likeness (QED) is 0.723. The first kappa shape index (κ1) is 13.4. The largest absolute Gasteiger partial charge is 0.207 e. The second-order valence-electron chi connectivity index (χ2n) is 4.34. The zero-order valence-corrected chi connectivity index (χ0v) is 11.5. The average molecular weight is 283 g/mol. The molecule has 0 fully saturated rings. The first-order chi connectivity index (χ1) is 8.56. The maximum Gasteiger partial charge on any atom is 0.126 e. The van der Waals surface area contributed by atoms with E-state index in [0.717, 1.165) is 23.1 Å². The Morgan fingerprint density at radius 1 is 0.944 bits per heavy atom. The van der Waals surface area contributed by atoms with Crippen LogP contribution in [-0.2, 0) is 12.8 Å². The SMILES string of the molecule is Cc1ccc(CCc2ccc(Cl)c(Cl)c2)c(F)c1. The molecule has 0 aromatic heterocycles. The van der Waals surface area contributed by atoms with Crippen LogP contribution >= 0.6 is 23.2 Å². The van der Waals surface area contributed by atoms with E-state index in [2.05, 4.69) is 0 Å². The van der Waals surface area contributed by atoms with Crippen LogP contribution in [0.15, 0.2) is 36.4 Å². The average Bonchev–Trinajstić information content (AvgIpc) is 2.32. The van der Waals surface area contributed by atoms with Gasteiger partial charge in [-0.05, 0) is 54.7 Å². The Morgan fingerprint density at radius 3 is 2.39 bits per heavy atom. The van der Waals surface area contributed by atoms with Crippen molar-refractivity contribution >= 4 is 23.2 Å². The van der Waals surface area contributed by atoms with Crippen molar-refractivity contribution in [3.63, 3.8) is 0 Å². The van der Waals surface area contributed by atoms with Crippen LogP contribution in [0.3, 0.4) is 0 Å². The van der Waals surface area contributed by atoms with Crippen LogP contribution in [0, 0.1) is 12.7 Å². The molecule has 2 aromatic carbocycles. The van der Waals surface area contributed by atoms with Gasteiger partial charge in [0.25, 0.3) is 0 Å². The maximum absolute atomic E-state index is 13.6. The lowest BCUT2D eigenvalue weighted by atomic mass is 10.0. The van der Waals surface area contributed by atoms with Crippen molar-refractivity contribution < 1.29 is 4.39 Å². The molecule has 0 unspecified atom stereocenters. The number of rotatable bonds is 3. The maximum atomic E-state index is 13.6. The van der Waals surface area contributed by atoms with E-state index in [9.17, 15) is 4.39 Å². The third kappa shape index (κ3) is 3.24. The van der Waals surface area contributed by atoms with Crippen molar-refractivity contribution in [3.8, 4) is 0 Å². The molecule has 0 saturated heterocycles. The van der Waals surface area contributed by atoms with Crippen molar-refractivity contribution in [2.45, 2.75) is 19.8 Å². The van der Waals surface area contributed by atoms with E-state index in [0.29, 0.717) is 16.5 Å². The fourth-order valence-electron chi connectivity index (χ4n) is 1.83. The Bertz CT molecular complexity index is 564. The standard InChI is InChI=1S/C15H13Cl2F/c1-10-2-5-12(15(18)8-10)6-3-11-4-7-13(16)14(17)9-11/h2,4-5,7-9H,3,6H2,1H3. The van der Waals surface area contributed by atoms with Crippen LogP contribution in [-0.4, -0.2) is 0 Å². The summed E-state index contributed by atoms with van der Waals surface area (Å²) in [7, 11) is 0. The summed E-state index contributed by atoms with van der Waals surface area (Å²) in [6.45, 7) is 1.88. The Hall–Kier alpha value is -1.05. The highest BCUT2D eigenvalue weighted by Crippen LogP contribution is 2.23. The molecular weight excluding hydrogens is 270 g/mol. The van der Waals surface area contributed by atoms with Gasteiger partial charge >= 0.3 is 0 Å². The molecule has 0 N–H and O–H groups in total. The second kappa shape index (κ2) is 5.73. The first-order valence-electron chi connectivity index (χ1n) is 5.75. The van der Waals surface area contributed by atoms with Crippen molar-refractivity contribution in [3.05, 3.63) is 69.0 Å². The summed E-state index contributed by atoms with van der Waals surface area (Å²) < 4.78 is 13.6. The summed E-state index contributed by atoms with van der Waals surface area (Å²) in [5.41, 5.74) is 2.72. The fraction of sp³-hybridized carbons (Fsp3) is 0.200. The topological polar surface area (TPSA) is 0 Å². The van der Waals surface area contributed by atoms with Gasteiger partial charge in [0, 0.05) is 0 Å². The monoisotopic (exact) mass is 282 g/mol. The van der Waals surface area contributed by atoms with Crippen LogP contribution in [0.1, 0.15) is 16.7 Å². The molecule has 94 valence electrons. The molecule has 0 amide bonds. The van der Waals surface area contributed by atoms with Gasteiger partial charge in [0.05, 0.1) is 10.0 Å². The second-order valence-corrected chi connectivity index (χ2v) is 5.16. The van der Waals surface area contributed by atoms with Gasteiger partial charge < -0.3 is 0 Å². The van der Waals surface area contributed by atoms with E-state index in [-0.39, 0.29) is 5.82 Å². The van der Waals surface area contributed by atoms with Gasteiger partial charge in [-0.25, -0.2) is 4.39 Å². The summed E-state index contributed by atoms with van der Waals surface area (Å²) in [5.74, 6) is -0.143. The predicted octanol–water partition coefficient (Wildman–Crippen LogP) is 5.23. The minimum atomic E-state index is -0.143. The van der Waals surface area contributed by atoms with Gasteiger partial charge in [0.15, 0.2) is 0 Å². The Kier molecular flexibility index (Phi) is 4.26. The zero-order valence-electron chi connectivity index (χ0n) is 10.0. The van der Waals surface area contributed by atoms with E-state index < -0.39 is 0 Å². The number of hydrogen-bond donors (Lipinski definition) is 0. The van der Waals surface area contributed by atoms with Gasteiger partial charge in [0.2, 0.25) is 0 Å². The number of aryl methyl sites for hydroxylation is 3.